The van der Waals surface area contributed by atoms with Gasteiger partial charge >= 0.3 is 17.9 Å². The number of phenolic OH excluding ortho intramolecular Hbond substituents is 4. The van der Waals surface area contributed by atoms with Crippen LogP contribution in [0.25, 0.3) is 0 Å². The van der Waals surface area contributed by atoms with Crippen LogP contribution >= 0.6 is 0 Å². The van der Waals surface area contributed by atoms with Crippen molar-refractivity contribution in [2.75, 3.05) is 0 Å². The average molecular weight is 531 g/mol. The summed E-state index contributed by atoms with van der Waals surface area (Å²) in [4.78, 5) is 39.0. The van der Waals surface area contributed by atoms with Crippen LogP contribution in [0.5, 0.6) is 23.0 Å². The highest BCUT2D eigenvalue weighted by molar-refractivity contribution is 5.70. The largest absolute Gasteiger partial charge is 0.508 e. The number of aliphatic carboxylic acids is 3. The first-order valence-electron chi connectivity index (χ1n) is 12.1. The molecule has 1 aromatic rings. The van der Waals surface area contributed by atoms with E-state index in [1.165, 1.54) is 0 Å². The van der Waals surface area contributed by atoms with Crippen molar-refractivity contribution in [3.8, 4) is 23.0 Å². The van der Waals surface area contributed by atoms with Crippen LogP contribution in [0.15, 0.2) is 12.1 Å². The quantitative estimate of drug-likeness (QED) is 0.157. The number of hydrogen-bond donors (Lipinski definition) is 8. The van der Waals surface area contributed by atoms with E-state index in [-0.39, 0.29) is 30.0 Å². The van der Waals surface area contributed by atoms with Gasteiger partial charge in [-0.1, -0.05) is 38.5 Å². The molecule has 0 aliphatic heterocycles. The molecule has 12 nitrogen and oxygen atoms in total. The number of aromatic hydroxyl groups is 4. The fraction of sp³-hybridized carbons (Fsp3) is 0.600. The average Bonchev–Trinajstić information content (AvgIpc) is 3.62. The second-order valence-electron chi connectivity index (χ2n) is 8.90. The van der Waals surface area contributed by atoms with Crippen molar-refractivity contribution in [1.29, 1.82) is 0 Å². The predicted molar refractivity (Wildman–Crippen MR) is 131 cm³/mol. The van der Waals surface area contributed by atoms with Gasteiger partial charge in [0.25, 0.3) is 6.47 Å². The highest BCUT2D eigenvalue weighted by atomic mass is 16.4. The first-order valence-corrected chi connectivity index (χ1v) is 12.1. The van der Waals surface area contributed by atoms with Crippen LogP contribution < -0.4 is 0 Å². The lowest BCUT2D eigenvalue weighted by molar-refractivity contribution is -0.142. The predicted octanol–water partition coefficient (Wildman–Crippen LogP) is 3.99. The lowest BCUT2D eigenvalue weighted by atomic mass is 10.1. The second kappa shape index (κ2) is 18.6. The molecule has 3 aliphatic carbocycles. The maximum Gasteiger partial charge on any atom is 0.306 e. The van der Waals surface area contributed by atoms with Crippen LogP contribution in [0.4, 0.5) is 0 Å². The zero-order valence-electron chi connectivity index (χ0n) is 20.7. The summed E-state index contributed by atoms with van der Waals surface area (Å²) in [6, 6.07) is 1.85. The molecule has 37 heavy (non-hydrogen) atoms. The Bertz CT molecular complexity index is 751. The first-order chi connectivity index (χ1) is 17.4. The molecule has 3 saturated carbocycles. The van der Waals surface area contributed by atoms with E-state index >= 15 is 0 Å². The minimum Gasteiger partial charge on any atom is -0.508 e. The summed E-state index contributed by atoms with van der Waals surface area (Å²) in [5, 5.41) is 67.0. The van der Waals surface area contributed by atoms with Crippen LogP contribution in [0.1, 0.15) is 77.0 Å². The molecule has 0 spiro atoms. The highest BCUT2D eigenvalue weighted by Crippen LogP contribution is 2.37. The molecule has 0 amide bonds. The maximum absolute atomic E-state index is 10.2. The molecule has 0 unspecified atom stereocenters. The molecule has 0 atom stereocenters. The van der Waals surface area contributed by atoms with Crippen LogP contribution in [0.3, 0.4) is 0 Å². The van der Waals surface area contributed by atoms with Crippen molar-refractivity contribution in [1.82, 2.24) is 0 Å². The molecule has 0 aromatic heterocycles. The maximum atomic E-state index is 10.2. The first kappa shape index (κ1) is 33.3. The number of hydrogen-bond acceptors (Lipinski definition) is 8. The van der Waals surface area contributed by atoms with Gasteiger partial charge in [0.15, 0.2) is 11.5 Å². The van der Waals surface area contributed by atoms with E-state index in [2.05, 4.69) is 0 Å². The molecule has 8 N–H and O–H groups in total. The Morgan fingerprint density at radius 2 is 0.811 bits per heavy atom. The van der Waals surface area contributed by atoms with Crippen molar-refractivity contribution in [3.05, 3.63) is 12.1 Å². The van der Waals surface area contributed by atoms with E-state index in [0.717, 1.165) is 89.2 Å². The Labute approximate surface area is 214 Å². The van der Waals surface area contributed by atoms with Crippen molar-refractivity contribution < 1.29 is 60.0 Å². The molecule has 0 saturated heterocycles. The zero-order chi connectivity index (χ0) is 28.4. The number of rotatable bonds is 3. The van der Waals surface area contributed by atoms with Crippen molar-refractivity contribution in [2.24, 2.45) is 17.8 Å². The molecule has 0 radical (unpaired) electrons. The molecule has 210 valence electrons. The summed E-state index contributed by atoms with van der Waals surface area (Å²) in [5.41, 5.74) is 0. The van der Waals surface area contributed by atoms with Crippen molar-refractivity contribution in [3.63, 3.8) is 0 Å². The monoisotopic (exact) mass is 530 g/mol. The summed E-state index contributed by atoms with van der Waals surface area (Å²) in [6.45, 7) is -0.250. The number of carbonyl (C=O) groups is 4. The molecule has 3 aliphatic rings. The van der Waals surface area contributed by atoms with Gasteiger partial charge in [-0.3, -0.25) is 19.2 Å². The number of carboxylic acids is 3. The van der Waals surface area contributed by atoms with Gasteiger partial charge in [-0.2, -0.15) is 0 Å². The van der Waals surface area contributed by atoms with Crippen LogP contribution in [0, 0.1) is 17.8 Å². The van der Waals surface area contributed by atoms with Gasteiger partial charge in [-0.15, -0.1) is 0 Å². The topological polar surface area (TPSA) is 230 Å². The summed E-state index contributed by atoms with van der Waals surface area (Å²) >= 11 is 0. The van der Waals surface area contributed by atoms with Crippen LogP contribution in [-0.4, -0.2) is 65.2 Å². The van der Waals surface area contributed by atoms with Gasteiger partial charge in [-0.25, -0.2) is 0 Å². The van der Waals surface area contributed by atoms with E-state index in [9.17, 15) is 14.4 Å². The van der Waals surface area contributed by atoms with Gasteiger partial charge in [0, 0.05) is 12.1 Å². The Morgan fingerprint density at radius 1 is 0.595 bits per heavy atom. The Hall–Kier alpha value is -3.70. The summed E-state index contributed by atoms with van der Waals surface area (Å²) < 4.78 is 0. The van der Waals surface area contributed by atoms with E-state index < -0.39 is 35.2 Å². The molecule has 0 heterocycles. The lowest BCUT2D eigenvalue weighted by Gasteiger charge is -1.99. The van der Waals surface area contributed by atoms with E-state index in [1.807, 2.05) is 0 Å². The van der Waals surface area contributed by atoms with Gasteiger partial charge in [0.2, 0.25) is 5.75 Å². The van der Waals surface area contributed by atoms with E-state index in [0.29, 0.717) is 0 Å². The number of carboxylic acid groups (broad SMARTS) is 4. The third-order valence-corrected chi connectivity index (χ3v) is 6.17. The Morgan fingerprint density at radius 3 is 0.973 bits per heavy atom. The normalized spacial score (nSPS) is 16.9. The number of phenols is 4. The SMILES string of the molecule is O=C(O)C1CCCC1.O=C(O)C1CCCC1.O=C(O)C1CCCC1.O=CO.Oc1cc(O)c(O)c(O)c1. The molecular weight excluding hydrogens is 492 g/mol. The standard InChI is InChI=1S/C6H6O4.3C6H10O2.CH2O2/c7-3-1-4(8)6(10)5(9)2-3;3*7-6(8)5-3-1-2-4-5;2-1-3/h1-2,7-10H;3*5H,1-4H2,(H,7,8);1H,(H,2,3). The molecule has 12 heteroatoms. The van der Waals surface area contributed by atoms with E-state index in [4.69, 9.17) is 45.6 Å². The summed E-state index contributed by atoms with van der Waals surface area (Å²) in [7, 11) is 0. The van der Waals surface area contributed by atoms with Gasteiger partial charge in [0.1, 0.15) is 5.75 Å². The minimum absolute atomic E-state index is 0.0185. The fourth-order valence-corrected chi connectivity index (χ4v) is 4.11. The summed E-state index contributed by atoms with van der Waals surface area (Å²) in [5.74, 6) is -3.90. The lowest BCUT2D eigenvalue weighted by Crippen LogP contribution is -2.07. The number of benzene rings is 1. The van der Waals surface area contributed by atoms with Crippen LogP contribution in [0.2, 0.25) is 0 Å². The smallest absolute Gasteiger partial charge is 0.306 e. The van der Waals surface area contributed by atoms with Gasteiger partial charge < -0.3 is 40.9 Å². The molecule has 4 rings (SSSR count). The van der Waals surface area contributed by atoms with Gasteiger partial charge in [0.05, 0.1) is 17.8 Å². The molecular formula is C25H38O12. The summed E-state index contributed by atoms with van der Waals surface area (Å²) in [6.07, 6.45) is 12.0. The molecule has 1 aromatic carbocycles. The fourth-order valence-electron chi connectivity index (χ4n) is 4.11. The Kier molecular flexibility index (Phi) is 16.7. The highest BCUT2D eigenvalue weighted by Gasteiger charge is 2.22. The molecule has 0 bridgehead atoms. The third-order valence-electron chi connectivity index (χ3n) is 6.17. The Balaban J connectivity index is 0.000000452. The van der Waals surface area contributed by atoms with Crippen molar-refractivity contribution in [2.45, 2.75) is 77.0 Å². The molecule has 3 fully saturated rings. The van der Waals surface area contributed by atoms with Crippen molar-refractivity contribution >= 4 is 24.4 Å². The van der Waals surface area contributed by atoms with E-state index in [1.54, 1.807) is 0 Å². The zero-order valence-corrected chi connectivity index (χ0v) is 20.7. The third kappa shape index (κ3) is 14.5. The second-order valence-corrected chi connectivity index (χ2v) is 8.90. The van der Waals surface area contributed by atoms with Crippen LogP contribution in [-0.2, 0) is 19.2 Å². The minimum atomic E-state index is -0.627. The van der Waals surface area contributed by atoms with Gasteiger partial charge in [-0.05, 0) is 38.5 Å².